The molecule has 220 valence electrons. The minimum atomic E-state index is -1.63. The lowest BCUT2D eigenvalue weighted by Gasteiger charge is -2.49. The maximum absolute atomic E-state index is 13.4. The molecule has 0 radical (unpaired) electrons. The number of nitrogens with one attached hydrogen (secondary N) is 2. The summed E-state index contributed by atoms with van der Waals surface area (Å²) in [6, 6.07) is -1.26. The minimum absolute atomic E-state index is 0.0107. The Kier molecular flexibility index (Phi) is 10.1. The molecule has 0 aromatic carbocycles. The van der Waals surface area contributed by atoms with Crippen LogP contribution in [0.5, 0.6) is 0 Å². The van der Waals surface area contributed by atoms with Crippen LogP contribution in [0.15, 0.2) is 21.8 Å². The van der Waals surface area contributed by atoms with Crippen molar-refractivity contribution in [3.05, 3.63) is 22.3 Å². The SMILES string of the molecule is BOC(=O)C1=C(CC)C[S+]([O-])[C@@H]2[C@H](NC(=O)/C(=N\O[C@H](C)C(=O)OB)c3csc(NC(=O)OC(C)(C)C)n3)C(=O)N12. The molecule has 3 heterocycles. The van der Waals surface area contributed by atoms with Crippen molar-refractivity contribution in [3.63, 3.8) is 0 Å². The van der Waals surface area contributed by atoms with Gasteiger partial charge in [0.1, 0.15) is 22.7 Å². The number of thiazole rings is 1. The van der Waals surface area contributed by atoms with Gasteiger partial charge >= 0.3 is 34.1 Å². The van der Waals surface area contributed by atoms with Gasteiger partial charge in [0.25, 0.3) is 11.8 Å². The third kappa shape index (κ3) is 7.20. The Morgan fingerprint density at radius 2 is 1.98 bits per heavy atom. The van der Waals surface area contributed by atoms with E-state index in [9.17, 15) is 28.5 Å². The van der Waals surface area contributed by atoms with Gasteiger partial charge in [-0.1, -0.05) is 12.1 Å². The molecule has 1 unspecified atom stereocenters. The zero-order valence-corrected chi connectivity index (χ0v) is 25.1. The Balaban J connectivity index is 1.86. The number of hydrogen-bond donors (Lipinski definition) is 2. The van der Waals surface area contributed by atoms with Crippen molar-refractivity contribution in [1.82, 2.24) is 15.2 Å². The van der Waals surface area contributed by atoms with E-state index in [0.717, 1.165) is 24.3 Å². The van der Waals surface area contributed by atoms with Crippen LogP contribution in [0.2, 0.25) is 0 Å². The summed E-state index contributed by atoms with van der Waals surface area (Å²) in [4.78, 5) is 73.2. The molecule has 19 heteroatoms. The molecular formula is C22H29B2N5O10S2. The zero-order valence-electron chi connectivity index (χ0n) is 23.5. The molecule has 1 aromatic heterocycles. The summed E-state index contributed by atoms with van der Waals surface area (Å²) in [5.41, 5.74) is -0.758. The first-order valence-corrected chi connectivity index (χ1v) is 14.6. The van der Waals surface area contributed by atoms with Gasteiger partial charge in [-0.05, 0) is 45.3 Å². The van der Waals surface area contributed by atoms with Crippen LogP contribution in [0.1, 0.15) is 46.7 Å². The fourth-order valence-corrected chi connectivity index (χ4v) is 6.26. The number of amides is 3. The largest absolute Gasteiger partial charge is 0.614 e. The third-order valence-corrected chi connectivity index (χ3v) is 8.11. The molecule has 15 nitrogen and oxygen atoms in total. The normalized spacial score (nSPS) is 21.2. The van der Waals surface area contributed by atoms with E-state index in [-0.39, 0.29) is 22.3 Å². The van der Waals surface area contributed by atoms with E-state index in [1.807, 2.05) is 0 Å². The average molecular weight is 609 g/mol. The van der Waals surface area contributed by atoms with Crippen molar-refractivity contribution >= 4 is 79.3 Å². The third-order valence-electron chi connectivity index (χ3n) is 5.70. The summed E-state index contributed by atoms with van der Waals surface area (Å²) in [6.45, 7) is 8.15. The lowest BCUT2D eigenvalue weighted by Crippen LogP contribution is -2.75. The van der Waals surface area contributed by atoms with Crippen molar-refractivity contribution in [2.24, 2.45) is 5.16 Å². The van der Waals surface area contributed by atoms with E-state index in [4.69, 9.17) is 14.2 Å². The van der Waals surface area contributed by atoms with E-state index in [1.165, 1.54) is 20.4 Å². The number of anilines is 1. The Morgan fingerprint density at radius 1 is 1.29 bits per heavy atom. The highest BCUT2D eigenvalue weighted by Crippen LogP contribution is 2.38. The topological polar surface area (TPSA) is 198 Å². The first kappa shape index (κ1) is 32.0. The molecule has 2 aliphatic heterocycles. The monoisotopic (exact) mass is 609 g/mol. The van der Waals surface area contributed by atoms with Crippen molar-refractivity contribution in [2.75, 3.05) is 11.1 Å². The molecule has 0 saturated carbocycles. The van der Waals surface area contributed by atoms with Gasteiger partial charge < -0.3 is 28.8 Å². The molecule has 1 aromatic rings. The molecule has 0 spiro atoms. The lowest BCUT2D eigenvalue weighted by atomic mass is 10.0. The second-order valence-electron chi connectivity index (χ2n) is 9.75. The predicted octanol–water partition coefficient (Wildman–Crippen LogP) is -1.14. The second kappa shape index (κ2) is 12.9. The van der Waals surface area contributed by atoms with Crippen molar-refractivity contribution in [1.29, 1.82) is 0 Å². The van der Waals surface area contributed by atoms with Crippen LogP contribution in [-0.4, -0.2) is 95.0 Å². The quantitative estimate of drug-likeness (QED) is 0.113. The maximum atomic E-state index is 13.4. The van der Waals surface area contributed by atoms with Crippen LogP contribution < -0.4 is 10.6 Å². The van der Waals surface area contributed by atoms with Crippen molar-refractivity contribution < 1.29 is 47.4 Å². The summed E-state index contributed by atoms with van der Waals surface area (Å²) < 4.78 is 27.6. The number of oxime groups is 1. The number of carbonyl (C=O) groups is 5. The molecule has 2 N–H and O–H groups in total. The number of β-lactam (4-membered cyclic amide) rings is 1. The number of rotatable bonds is 9. The van der Waals surface area contributed by atoms with Gasteiger partial charge in [0, 0.05) is 11.0 Å². The first-order valence-electron chi connectivity index (χ1n) is 12.3. The van der Waals surface area contributed by atoms with E-state index < -0.39 is 69.9 Å². The number of nitrogens with zero attached hydrogens (tertiary/aromatic N) is 3. The van der Waals surface area contributed by atoms with Crippen LogP contribution in [0, 0.1) is 0 Å². The molecule has 3 amide bonds. The summed E-state index contributed by atoms with van der Waals surface area (Å²) in [6.07, 6.45) is -1.61. The van der Waals surface area contributed by atoms with Crippen LogP contribution in [0.4, 0.5) is 9.93 Å². The standard InChI is InChI=1S/C22H29B2N5O10S2/c1-6-10-8-41(35)17-13(16(31)29(17)14(10)19(33)38-24)26-15(30)12(28-39-9(2)18(32)37-23)11-7-40-20(25-11)27-21(34)36-22(3,4)5/h7,9,13,17H,6,8,23-24H2,1-5H3,(H,26,30)(H,25,27,34)/b28-12-/t9-,13-,17-,41?/m1/s1. The van der Waals surface area contributed by atoms with Gasteiger partial charge in [0.15, 0.2) is 16.9 Å². The van der Waals surface area contributed by atoms with Crippen molar-refractivity contribution in [3.8, 4) is 0 Å². The second-order valence-corrected chi connectivity index (χ2v) is 12.1. The predicted molar refractivity (Wildman–Crippen MR) is 151 cm³/mol. The molecule has 0 bridgehead atoms. The fourth-order valence-electron chi connectivity index (χ4n) is 3.79. The molecule has 3 rings (SSSR count). The zero-order chi connectivity index (χ0) is 30.6. The minimum Gasteiger partial charge on any atom is -0.614 e. The molecule has 1 fully saturated rings. The number of ether oxygens (including phenoxy) is 1. The summed E-state index contributed by atoms with van der Waals surface area (Å²) in [5, 5.41) is 9.13. The average Bonchev–Trinajstić information content (AvgIpc) is 3.36. The number of aromatic nitrogens is 1. The summed E-state index contributed by atoms with van der Waals surface area (Å²) in [7, 11) is 2.32. The van der Waals surface area contributed by atoms with Gasteiger partial charge in [-0.15, -0.1) is 11.3 Å². The Labute approximate surface area is 244 Å². The summed E-state index contributed by atoms with van der Waals surface area (Å²) >= 11 is -0.686. The highest BCUT2D eigenvalue weighted by Gasteiger charge is 2.61. The van der Waals surface area contributed by atoms with Gasteiger partial charge in [-0.2, -0.15) is 0 Å². The van der Waals surface area contributed by atoms with Crippen LogP contribution in [0.3, 0.4) is 0 Å². The fraction of sp³-hybridized carbons (Fsp3) is 0.500. The van der Waals surface area contributed by atoms with Crippen molar-refractivity contribution in [2.45, 2.75) is 64.2 Å². The number of hydrogen-bond acceptors (Lipinski definition) is 13. The van der Waals surface area contributed by atoms with Gasteiger partial charge in [0.05, 0.1) is 0 Å². The van der Waals surface area contributed by atoms with Gasteiger partial charge in [-0.25, -0.2) is 19.4 Å². The van der Waals surface area contributed by atoms with E-state index >= 15 is 0 Å². The highest BCUT2D eigenvalue weighted by atomic mass is 32.2. The van der Waals surface area contributed by atoms with E-state index in [2.05, 4.69) is 25.4 Å². The molecular weight excluding hydrogens is 580 g/mol. The maximum Gasteiger partial charge on any atom is 0.413 e. The molecule has 2 aliphatic rings. The van der Waals surface area contributed by atoms with Crippen LogP contribution >= 0.6 is 11.3 Å². The smallest absolute Gasteiger partial charge is 0.413 e. The molecule has 4 atom stereocenters. The van der Waals surface area contributed by atoms with Crippen LogP contribution in [0.25, 0.3) is 0 Å². The highest BCUT2D eigenvalue weighted by molar-refractivity contribution is 7.92. The molecule has 0 aliphatic carbocycles. The van der Waals surface area contributed by atoms with Gasteiger partial charge in [-0.3, -0.25) is 19.8 Å². The summed E-state index contributed by atoms with van der Waals surface area (Å²) in [5.74, 6) is -3.11. The van der Waals surface area contributed by atoms with Crippen LogP contribution in [-0.2, 0) is 49.2 Å². The van der Waals surface area contributed by atoms with E-state index in [0.29, 0.717) is 12.0 Å². The lowest BCUT2D eigenvalue weighted by molar-refractivity contribution is -0.149. The first-order chi connectivity index (χ1) is 19.2. The Hall–Kier alpha value is -3.57. The Morgan fingerprint density at radius 3 is 2.56 bits per heavy atom. The van der Waals surface area contributed by atoms with E-state index in [1.54, 1.807) is 27.7 Å². The number of carbonyl (C=O) groups excluding carboxylic acids is 5. The molecule has 1 saturated heterocycles. The number of fused-ring (bicyclic) bond motifs is 1. The Bertz CT molecular complexity index is 1300. The van der Waals surface area contributed by atoms with Gasteiger partial charge in [0.2, 0.25) is 11.5 Å². The molecule has 41 heavy (non-hydrogen) atoms.